The van der Waals surface area contributed by atoms with Gasteiger partial charge >= 0.3 is 23.9 Å². The fraction of sp³-hybridized carbons (Fsp3) is 0.447. The molecule has 1 heterocycles. The molecule has 15 nitrogen and oxygen atoms in total. The number of hydrogen-bond donors (Lipinski definition) is 4. The molecular formula is C47H50FNO14. The van der Waals surface area contributed by atoms with Crippen molar-refractivity contribution in [1.82, 2.24) is 5.32 Å². The number of amides is 1. The van der Waals surface area contributed by atoms with Crippen molar-refractivity contribution in [2.45, 2.75) is 101 Å². The van der Waals surface area contributed by atoms with Gasteiger partial charge in [-0.1, -0.05) is 80.6 Å². The number of carbonyl (C=O) groups is 6. The Kier molecular flexibility index (Phi) is 12.2. The summed E-state index contributed by atoms with van der Waals surface area (Å²) >= 11 is 0. The normalized spacial score (nSPS) is 31.5. The van der Waals surface area contributed by atoms with Crippen LogP contribution in [-0.2, 0) is 42.9 Å². The largest absolute Gasteiger partial charge is 0.456 e. The van der Waals surface area contributed by atoms with Crippen molar-refractivity contribution in [3.8, 4) is 0 Å². The van der Waals surface area contributed by atoms with Gasteiger partial charge in [0.05, 0.1) is 35.6 Å². The molecule has 1 saturated heterocycles. The fourth-order valence-electron chi connectivity index (χ4n) is 10.2. The van der Waals surface area contributed by atoms with Gasteiger partial charge in [0.2, 0.25) is 0 Å². The molecule has 2 saturated carbocycles. The zero-order valence-corrected chi connectivity index (χ0v) is 35.3. The second kappa shape index (κ2) is 17.1. The van der Waals surface area contributed by atoms with E-state index in [4.69, 9.17) is 23.7 Å². The highest BCUT2D eigenvalue weighted by atomic mass is 19.1. The van der Waals surface area contributed by atoms with Gasteiger partial charge in [-0.25, -0.2) is 18.8 Å². The lowest BCUT2D eigenvalue weighted by molar-refractivity contribution is -0.346. The Labute approximate surface area is 362 Å². The SMILES string of the molecule is CC(=O)O[C@H]1C(=O)[C@@]2(C)C([C@H](OC(=O)c3ccccc3)[C@]3(O)C[C@H](OC(=O)[C@H](O)C(NC(=O)c4ccccc4)c4ccccc4)C(C)=C1C3(C)C)[C@]1(OC(=O)CF)CO[C@@H]1C[C@@H]2O. The molecule has 63 heavy (non-hydrogen) atoms. The molecule has 4 N–H and O–H groups in total. The van der Waals surface area contributed by atoms with Crippen LogP contribution in [0.4, 0.5) is 4.39 Å². The van der Waals surface area contributed by atoms with Crippen LogP contribution in [0.2, 0.25) is 0 Å². The summed E-state index contributed by atoms with van der Waals surface area (Å²) in [7, 11) is 0. The first-order chi connectivity index (χ1) is 29.8. The Bertz CT molecular complexity index is 2310. The first-order valence-corrected chi connectivity index (χ1v) is 20.6. The first-order valence-electron chi connectivity index (χ1n) is 20.6. The molecule has 11 atom stereocenters. The number of aliphatic hydroxyl groups is 3. The lowest BCUT2D eigenvalue weighted by atomic mass is 9.44. The number of fused-ring (bicyclic) bond motifs is 5. The lowest BCUT2D eigenvalue weighted by Crippen LogP contribution is -2.82. The van der Waals surface area contributed by atoms with Crippen LogP contribution in [0.25, 0.3) is 0 Å². The molecule has 3 fully saturated rings. The number of Topliss-reactive ketones (excluding diaryl/α,β-unsaturated/α-hetero) is 1. The van der Waals surface area contributed by atoms with Crippen LogP contribution >= 0.6 is 0 Å². The highest BCUT2D eigenvalue weighted by molar-refractivity contribution is 5.96. The van der Waals surface area contributed by atoms with E-state index in [9.17, 15) is 43.7 Å². The maximum absolute atomic E-state index is 15.5. The Morgan fingerprint density at radius 3 is 2.03 bits per heavy atom. The smallest absolute Gasteiger partial charge is 0.338 e. The van der Waals surface area contributed by atoms with E-state index in [0.717, 1.165) is 6.92 Å². The molecule has 2 bridgehead atoms. The van der Waals surface area contributed by atoms with Crippen molar-refractivity contribution in [1.29, 1.82) is 0 Å². The maximum Gasteiger partial charge on any atom is 0.338 e. The lowest BCUT2D eigenvalue weighted by Gasteiger charge is -2.67. The van der Waals surface area contributed by atoms with Crippen molar-refractivity contribution >= 4 is 35.6 Å². The van der Waals surface area contributed by atoms with Gasteiger partial charge in [-0.2, -0.15) is 0 Å². The summed E-state index contributed by atoms with van der Waals surface area (Å²) < 4.78 is 43.9. The minimum absolute atomic E-state index is 0.0118. The average molecular weight is 872 g/mol. The van der Waals surface area contributed by atoms with Crippen LogP contribution in [0, 0.1) is 16.7 Å². The second-order valence-corrected chi connectivity index (χ2v) is 17.4. The number of rotatable bonds is 11. The van der Waals surface area contributed by atoms with E-state index in [-0.39, 0.29) is 28.7 Å². The molecule has 16 heteroatoms. The van der Waals surface area contributed by atoms with Crippen molar-refractivity contribution in [3.05, 3.63) is 119 Å². The molecular weight excluding hydrogens is 822 g/mol. The van der Waals surface area contributed by atoms with Crippen LogP contribution in [0.5, 0.6) is 0 Å². The van der Waals surface area contributed by atoms with E-state index in [1.54, 1.807) is 78.9 Å². The van der Waals surface area contributed by atoms with E-state index < -0.39 is 126 Å². The molecule has 3 aromatic carbocycles. The van der Waals surface area contributed by atoms with E-state index in [2.05, 4.69) is 5.32 Å². The van der Waals surface area contributed by atoms with Crippen molar-refractivity contribution < 1.29 is 72.2 Å². The quantitative estimate of drug-likeness (QED) is 0.123. The number of halogens is 1. The number of hydrogen-bond acceptors (Lipinski definition) is 14. The van der Waals surface area contributed by atoms with Gasteiger partial charge in [0.1, 0.15) is 23.9 Å². The van der Waals surface area contributed by atoms with Gasteiger partial charge in [0, 0.05) is 30.7 Å². The van der Waals surface area contributed by atoms with Gasteiger partial charge in [-0.05, 0) is 54.8 Å². The van der Waals surface area contributed by atoms with Crippen LogP contribution in [0.3, 0.4) is 0 Å². The number of esters is 4. The summed E-state index contributed by atoms with van der Waals surface area (Å²) in [5, 5.41) is 40.2. The van der Waals surface area contributed by atoms with Crippen molar-refractivity contribution in [2.24, 2.45) is 16.7 Å². The van der Waals surface area contributed by atoms with Crippen LogP contribution in [0.15, 0.2) is 102 Å². The fourth-order valence-corrected chi connectivity index (χ4v) is 10.2. The highest BCUT2D eigenvalue weighted by Gasteiger charge is 2.78. The predicted octanol–water partition coefficient (Wildman–Crippen LogP) is 3.69. The Morgan fingerprint density at radius 1 is 0.889 bits per heavy atom. The number of aliphatic hydroxyl groups excluding tert-OH is 2. The second-order valence-electron chi connectivity index (χ2n) is 17.4. The third-order valence-corrected chi connectivity index (χ3v) is 13.6. The molecule has 0 radical (unpaired) electrons. The summed E-state index contributed by atoms with van der Waals surface area (Å²) in [6.07, 6.45) is -11.3. The van der Waals surface area contributed by atoms with E-state index in [1.807, 2.05) is 0 Å². The zero-order chi connectivity index (χ0) is 45.6. The Hall–Kier alpha value is -5.81. The summed E-state index contributed by atoms with van der Waals surface area (Å²) in [5.74, 6) is -7.85. The van der Waals surface area contributed by atoms with Gasteiger partial charge in [0.25, 0.3) is 5.91 Å². The minimum atomic E-state index is -2.49. The number of ether oxygens (including phenoxy) is 5. The summed E-state index contributed by atoms with van der Waals surface area (Å²) in [6.45, 7) is 4.80. The standard InChI is InChI=1S/C47H50FNO14/c1-25-30(61-43(57)36(53)35(27-15-9-6-10-16-27)49-41(55)28-17-11-7-12-18-28)22-47(58)40(62-42(56)29-19-13-8-14-20-29)38-45(5,39(54)37(60-26(2)50)34(25)44(47,3)4)31(51)21-32-46(38,24-59-32)63-33(52)23-48/h6-20,30-32,35-38,40,51,53,58H,21-24H2,1-5H3,(H,49,55)/t30-,31-,32+,35?,36+,37+,38?,40-,45+,46-,47+/m0/s1. The number of carbonyl (C=O) groups excluding carboxylic acids is 6. The Balaban J connectivity index is 1.39. The number of alkyl halides is 1. The van der Waals surface area contributed by atoms with Gasteiger partial charge in [0.15, 0.2) is 30.3 Å². The number of benzene rings is 3. The Morgan fingerprint density at radius 2 is 1.48 bits per heavy atom. The molecule has 3 aromatic rings. The zero-order valence-electron chi connectivity index (χ0n) is 35.3. The van der Waals surface area contributed by atoms with E-state index in [1.165, 1.54) is 39.8 Å². The molecule has 2 unspecified atom stereocenters. The predicted molar refractivity (Wildman–Crippen MR) is 218 cm³/mol. The molecule has 0 spiro atoms. The van der Waals surface area contributed by atoms with Crippen LogP contribution in [0.1, 0.15) is 79.8 Å². The summed E-state index contributed by atoms with van der Waals surface area (Å²) in [6, 6.07) is 22.5. The van der Waals surface area contributed by atoms with Crippen LogP contribution in [-0.4, -0.2) is 112 Å². The van der Waals surface area contributed by atoms with E-state index in [0.29, 0.717) is 5.56 Å². The third-order valence-electron chi connectivity index (χ3n) is 13.6. The first kappa shape index (κ1) is 45.2. The molecule has 1 amide bonds. The summed E-state index contributed by atoms with van der Waals surface area (Å²) in [5.41, 5.74) is -7.76. The summed E-state index contributed by atoms with van der Waals surface area (Å²) in [4.78, 5) is 83.4. The molecule has 4 aliphatic rings. The highest BCUT2D eigenvalue weighted by Crippen LogP contribution is 2.64. The van der Waals surface area contributed by atoms with Crippen molar-refractivity contribution in [3.63, 3.8) is 0 Å². The molecule has 0 aromatic heterocycles. The van der Waals surface area contributed by atoms with E-state index >= 15 is 4.79 Å². The van der Waals surface area contributed by atoms with Gasteiger partial charge in [-0.3, -0.25) is 14.4 Å². The third kappa shape index (κ3) is 7.62. The number of nitrogens with one attached hydrogen (secondary N) is 1. The van der Waals surface area contributed by atoms with Crippen LogP contribution < -0.4 is 5.32 Å². The van der Waals surface area contributed by atoms with Crippen molar-refractivity contribution in [2.75, 3.05) is 13.3 Å². The topological polar surface area (TPSA) is 221 Å². The average Bonchev–Trinajstić information content (AvgIpc) is 3.26. The number of ketones is 1. The van der Waals surface area contributed by atoms with Gasteiger partial charge < -0.3 is 44.3 Å². The maximum atomic E-state index is 15.5. The molecule has 7 rings (SSSR count). The minimum Gasteiger partial charge on any atom is -0.456 e. The monoisotopic (exact) mass is 871 g/mol. The molecule has 1 aliphatic heterocycles. The molecule has 334 valence electrons. The molecule has 3 aliphatic carbocycles. The van der Waals surface area contributed by atoms with Gasteiger partial charge in [-0.15, -0.1) is 0 Å².